The molecule has 0 heterocycles. The fourth-order valence-corrected chi connectivity index (χ4v) is 1.65. The number of hydrogen-bond acceptors (Lipinski definition) is 3. The quantitative estimate of drug-likeness (QED) is 0.564. The Morgan fingerprint density at radius 2 is 1.92 bits per heavy atom. The van der Waals surface area contributed by atoms with Gasteiger partial charge in [-0.15, -0.1) is 0 Å². The molecule has 0 saturated heterocycles. The third kappa shape index (κ3) is 12.3. The Bertz CT molecular complexity index is 98.9. The van der Waals surface area contributed by atoms with Gasteiger partial charge in [0.15, 0.2) is 0 Å². The molecule has 0 aliphatic carbocycles. The van der Waals surface area contributed by atoms with Crippen LogP contribution in [0, 0.1) is 0 Å². The third-order valence-electron chi connectivity index (χ3n) is 1.89. The highest BCUT2D eigenvalue weighted by atomic mass is 32.2. The summed E-state index contributed by atoms with van der Waals surface area (Å²) in [7, 11) is 0. The van der Waals surface area contributed by atoms with Gasteiger partial charge in [-0.1, -0.05) is 12.8 Å². The van der Waals surface area contributed by atoms with Crippen LogP contribution in [0.3, 0.4) is 0 Å². The molecule has 0 saturated carbocycles. The molecule has 1 atom stereocenters. The molecule has 13 heavy (non-hydrogen) atoms. The minimum atomic E-state index is -0.212. The van der Waals surface area contributed by atoms with E-state index in [1.54, 1.807) is 0 Å². The van der Waals surface area contributed by atoms with E-state index in [-0.39, 0.29) is 6.10 Å². The second kappa shape index (κ2) is 10.4. The second-order valence-electron chi connectivity index (χ2n) is 3.46. The van der Waals surface area contributed by atoms with Crippen LogP contribution in [0.4, 0.5) is 0 Å². The van der Waals surface area contributed by atoms with Gasteiger partial charge in [-0.05, 0) is 38.3 Å². The lowest BCUT2D eigenvalue weighted by Gasteiger charge is -2.06. The maximum Gasteiger partial charge on any atom is 0.0636 e. The summed E-state index contributed by atoms with van der Waals surface area (Å²) < 4.78 is 0. The van der Waals surface area contributed by atoms with E-state index in [2.05, 4.69) is 11.6 Å². The van der Waals surface area contributed by atoms with Gasteiger partial charge in [0.25, 0.3) is 0 Å². The summed E-state index contributed by atoms with van der Waals surface area (Å²) in [5, 5.41) is 12.2. The lowest BCUT2D eigenvalue weighted by molar-refractivity contribution is 0.191. The number of unbranched alkanes of at least 4 members (excludes halogenated alkanes) is 3. The van der Waals surface area contributed by atoms with Gasteiger partial charge in [0.05, 0.1) is 6.10 Å². The highest BCUT2D eigenvalue weighted by Crippen LogP contribution is 2.03. The molecule has 0 aromatic carbocycles. The van der Waals surface area contributed by atoms with Crippen molar-refractivity contribution in [3.63, 3.8) is 0 Å². The molecule has 2 nitrogen and oxygen atoms in total. The zero-order valence-corrected chi connectivity index (χ0v) is 9.70. The number of hydrogen-bond donors (Lipinski definition) is 2. The summed E-state index contributed by atoms with van der Waals surface area (Å²) >= 11 is 1.93. The average Bonchev–Trinajstić information content (AvgIpc) is 2.09. The molecule has 80 valence electrons. The van der Waals surface area contributed by atoms with Crippen molar-refractivity contribution in [3.8, 4) is 0 Å². The molecule has 0 spiro atoms. The fourth-order valence-electron chi connectivity index (χ4n) is 1.16. The van der Waals surface area contributed by atoms with E-state index in [0.29, 0.717) is 0 Å². The van der Waals surface area contributed by atoms with E-state index in [1.807, 2.05) is 18.7 Å². The molecule has 0 amide bonds. The van der Waals surface area contributed by atoms with Crippen LogP contribution >= 0.6 is 11.8 Å². The molecular weight excluding hydrogens is 182 g/mol. The Hall–Kier alpha value is 0.270. The van der Waals surface area contributed by atoms with Crippen molar-refractivity contribution in [1.29, 1.82) is 0 Å². The standard InChI is InChI=1S/C10H23NOS/c1-10(12)9-11-7-5-3-4-6-8-13-2/h10-12H,3-9H2,1-2H3/t10-/m1/s1. The number of aliphatic hydroxyl groups is 1. The topological polar surface area (TPSA) is 32.3 Å². The molecule has 0 unspecified atom stereocenters. The average molecular weight is 205 g/mol. The van der Waals surface area contributed by atoms with Gasteiger partial charge in [0, 0.05) is 6.54 Å². The maximum atomic E-state index is 8.96. The highest BCUT2D eigenvalue weighted by molar-refractivity contribution is 7.98. The highest BCUT2D eigenvalue weighted by Gasteiger charge is 1.93. The molecule has 0 radical (unpaired) electrons. The predicted molar refractivity (Wildman–Crippen MR) is 61.4 cm³/mol. The van der Waals surface area contributed by atoms with Crippen molar-refractivity contribution < 1.29 is 5.11 Å². The lowest BCUT2D eigenvalue weighted by Crippen LogP contribution is -2.25. The SMILES string of the molecule is CSCCCCCCNC[C@@H](C)O. The number of rotatable bonds is 9. The second-order valence-corrected chi connectivity index (χ2v) is 4.45. The Morgan fingerprint density at radius 1 is 1.23 bits per heavy atom. The number of nitrogens with one attached hydrogen (secondary N) is 1. The van der Waals surface area contributed by atoms with Gasteiger partial charge in [-0.25, -0.2) is 0 Å². The number of aliphatic hydroxyl groups excluding tert-OH is 1. The van der Waals surface area contributed by atoms with Gasteiger partial charge in [0.2, 0.25) is 0 Å². The van der Waals surface area contributed by atoms with Crippen LogP contribution in [0.2, 0.25) is 0 Å². The Labute approximate surface area is 86.5 Å². The Balaban J connectivity index is 2.84. The smallest absolute Gasteiger partial charge is 0.0636 e. The largest absolute Gasteiger partial charge is 0.392 e. The van der Waals surface area contributed by atoms with Crippen molar-refractivity contribution in [2.75, 3.05) is 25.1 Å². The molecule has 0 aromatic heterocycles. The molecule has 0 fully saturated rings. The van der Waals surface area contributed by atoms with E-state index in [1.165, 1.54) is 31.4 Å². The van der Waals surface area contributed by atoms with Gasteiger partial charge < -0.3 is 10.4 Å². The monoisotopic (exact) mass is 205 g/mol. The maximum absolute atomic E-state index is 8.96. The summed E-state index contributed by atoms with van der Waals surface area (Å²) in [6.45, 7) is 3.58. The Kier molecular flexibility index (Phi) is 10.6. The van der Waals surface area contributed by atoms with E-state index >= 15 is 0 Å². The first-order chi connectivity index (χ1) is 6.27. The van der Waals surface area contributed by atoms with E-state index < -0.39 is 0 Å². The van der Waals surface area contributed by atoms with Crippen LogP contribution < -0.4 is 5.32 Å². The minimum Gasteiger partial charge on any atom is -0.392 e. The van der Waals surface area contributed by atoms with Crippen LogP contribution in [0.15, 0.2) is 0 Å². The van der Waals surface area contributed by atoms with Gasteiger partial charge >= 0.3 is 0 Å². The molecule has 0 aliphatic rings. The summed E-state index contributed by atoms with van der Waals surface area (Å²) in [6.07, 6.45) is 7.18. The predicted octanol–water partition coefficient (Wildman–Crippen LogP) is 1.88. The summed E-state index contributed by atoms with van der Waals surface area (Å²) in [4.78, 5) is 0. The summed E-state index contributed by atoms with van der Waals surface area (Å²) in [6, 6.07) is 0. The first-order valence-electron chi connectivity index (χ1n) is 5.15. The molecule has 0 rings (SSSR count). The third-order valence-corrected chi connectivity index (χ3v) is 2.59. The molecule has 3 heteroatoms. The molecular formula is C10H23NOS. The van der Waals surface area contributed by atoms with Crippen molar-refractivity contribution in [2.45, 2.75) is 38.7 Å². The first-order valence-corrected chi connectivity index (χ1v) is 6.54. The summed E-state index contributed by atoms with van der Waals surface area (Å²) in [5.74, 6) is 1.29. The lowest BCUT2D eigenvalue weighted by atomic mass is 10.2. The molecule has 0 aliphatic heterocycles. The van der Waals surface area contributed by atoms with Crippen LogP contribution in [-0.4, -0.2) is 36.3 Å². The van der Waals surface area contributed by atoms with Gasteiger partial charge in [-0.3, -0.25) is 0 Å². The van der Waals surface area contributed by atoms with Crippen LogP contribution in [0.5, 0.6) is 0 Å². The van der Waals surface area contributed by atoms with Gasteiger partial charge in [-0.2, -0.15) is 11.8 Å². The van der Waals surface area contributed by atoms with Crippen molar-refractivity contribution >= 4 is 11.8 Å². The molecule has 0 bridgehead atoms. The fraction of sp³-hybridized carbons (Fsp3) is 1.00. The molecule has 2 N–H and O–H groups in total. The van der Waals surface area contributed by atoms with Crippen LogP contribution in [0.25, 0.3) is 0 Å². The summed E-state index contributed by atoms with van der Waals surface area (Å²) in [5.41, 5.74) is 0. The Morgan fingerprint density at radius 3 is 2.54 bits per heavy atom. The first kappa shape index (κ1) is 13.3. The van der Waals surface area contributed by atoms with Crippen LogP contribution in [0.1, 0.15) is 32.6 Å². The zero-order chi connectivity index (χ0) is 9.94. The number of thioether (sulfide) groups is 1. The van der Waals surface area contributed by atoms with Gasteiger partial charge in [0.1, 0.15) is 0 Å². The van der Waals surface area contributed by atoms with E-state index in [9.17, 15) is 0 Å². The van der Waals surface area contributed by atoms with Crippen LogP contribution in [-0.2, 0) is 0 Å². The minimum absolute atomic E-state index is 0.212. The van der Waals surface area contributed by atoms with Crippen molar-refractivity contribution in [1.82, 2.24) is 5.32 Å². The van der Waals surface area contributed by atoms with E-state index in [4.69, 9.17) is 5.11 Å². The van der Waals surface area contributed by atoms with Crippen molar-refractivity contribution in [3.05, 3.63) is 0 Å². The van der Waals surface area contributed by atoms with E-state index in [0.717, 1.165) is 13.1 Å². The van der Waals surface area contributed by atoms with Crippen molar-refractivity contribution in [2.24, 2.45) is 0 Å². The molecule has 0 aromatic rings. The zero-order valence-electron chi connectivity index (χ0n) is 8.88. The normalized spacial score (nSPS) is 13.2.